The smallest absolute Gasteiger partial charge is 0.293 e. The molecule has 0 saturated carbocycles. The summed E-state index contributed by atoms with van der Waals surface area (Å²) in [6, 6.07) is 5.08. The highest BCUT2D eigenvalue weighted by atomic mass is 16.6. The Morgan fingerprint density at radius 3 is 2.60 bits per heavy atom. The number of benzene rings is 1. The average Bonchev–Trinajstić information content (AvgIpc) is 2.37. The first-order valence-corrected chi connectivity index (χ1v) is 6.96. The molecule has 1 fully saturated rings. The molecule has 1 saturated heterocycles. The Balaban J connectivity index is 2.20. The first-order valence-electron chi connectivity index (χ1n) is 6.96. The van der Waals surface area contributed by atoms with Crippen molar-refractivity contribution >= 4 is 11.4 Å². The van der Waals surface area contributed by atoms with Gasteiger partial charge in [-0.05, 0) is 23.8 Å². The van der Waals surface area contributed by atoms with E-state index < -0.39 is 4.92 Å². The molecule has 0 radical (unpaired) electrons. The molecular formula is C14H22N4O2. The van der Waals surface area contributed by atoms with Crippen LogP contribution < -0.4 is 11.3 Å². The SMILES string of the molecule is CC1CC(C)CN(Cc2cccc([N+](=O)[O-])c2NN)C1. The number of nitrogens with one attached hydrogen (secondary N) is 1. The molecule has 0 bridgehead atoms. The van der Waals surface area contributed by atoms with E-state index in [-0.39, 0.29) is 5.69 Å². The molecule has 2 atom stereocenters. The topological polar surface area (TPSA) is 84.4 Å². The van der Waals surface area contributed by atoms with Gasteiger partial charge in [0, 0.05) is 25.7 Å². The van der Waals surface area contributed by atoms with Crippen LogP contribution in [0.15, 0.2) is 18.2 Å². The fourth-order valence-electron chi connectivity index (χ4n) is 3.20. The van der Waals surface area contributed by atoms with Gasteiger partial charge in [0.15, 0.2) is 0 Å². The quantitative estimate of drug-likeness (QED) is 0.502. The standard InChI is InChI=1S/C14H22N4O2/c1-10-6-11(2)8-17(7-10)9-12-4-3-5-13(18(19)20)14(12)16-15/h3-5,10-11,16H,6-9,15H2,1-2H3. The summed E-state index contributed by atoms with van der Waals surface area (Å²) in [5.41, 5.74) is 3.82. The summed E-state index contributed by atoms with van der Waals surface area (Å²) in [4.78, 5) is 13.0. The van der Waals surface area contributed by atoms with Gasteiger partial charge in [0.1, 0.15) is 5.69 Å². The zero-order chi connectivity index (χ0) is 14.7. The predicted molar refractivity (Wildman–Crippen MR) is 79.1 cm³/mol. The summed E-state index contributed by atoms with van der Waals surface area (Å²) in [7, 11) is 0. The lowest BCUT2D eigenvalue weighted by molar-refractivity contribution is -0.384. The van der Waals surface area contributed by atoms with Crippen molar-refractivity contribution in [2.45, 2.75) is 26.8 Å². The molecule has 6 heteroatoms. The molecule has 1 aromatic carbocycles. The van der Waals surface area contributed by atoms with Crippen LogP contribution in [0.1, 0.15) is 25.8 Å². The first kappa shape index (κ1) is 14.7. The number of nitrogens with zero attached hydrogens (tertiary/aromatic N) is 2. The molecular weight excluding hydrogens is 256 g/mol. The highest BCUT2D eigenvalue weighted by Gasteiger charge is 2.24. The van der Waals surface area contributed by atoms with Gasteiger partial charge in [0.2, 0.25) is 0 Å². The number of likely N-dealkylation sites (tertiary alicyclic amines) is 1. The van der Waals surface area contributed by atoms with Gasteiger partial charge in [-0.2, -0.15) is 0 Å². The highest BCUT2D eigenvalue weighted by Crippen LogP contribution is 2.30. The lowest BCUT2D eigenvalue weighted by atomic mass is 9.91. The van der Waals surface area contributed by atoms with Crippen molar-refractivity contribution in [2.75, 3.05) is 18.5 Å². The van der Waals surface area contributed by atoms with Crippen molar-refractivity contribution in [3.63, 3.8) is 0 Å². The van der Waals surface area contributed by atoms with Crippen molar-refractivity contribution in [1.29, 1.82) is 0 Å². The van der Waals surface area contributed by atoms with Gasteiger partial charge >= 0.3 is 0 Å². The van der Waals surface area contributed by atoms with E-state index in [9.17, 15) is 10.1 Å². The number of piperidine rings is 1. The summed E-state index contributed by atoms with van der Waals surface area (Å²) in [6.45, 7) is 7.24. The lowest BCUT2D eigenvalue weighted by Gasteiger charge is -2.35. The molecule has 6 nitrogen and oxygen atoms in total. The highest BCUT2D eigenvalue weighted by molar-refractivity contribution is 5.65. The molecule has 2 rings (SSSR count). The van der Waals surface area contributed by atoms with Crippen LogP contribution in [0.4, 0.5) is 11.4 Å². The van der Waals surface area contributed by atoms with E-state index in [2.05, 4.69) is 24.2 Å². The van der Waals surface area contributed by atoms with Crippen LogP contribution in [0.25, 0.3) is 0 Å². The third-order valence-electron chi connectivity index (χ3n) is 3.81. The minimum Gasteiger partial charge on any atom is -0.318 e. The summed E-state index contributed by atoms with van der Waals surface area (Å²) in [5.74, 6) is 6.79. The molecule has 0 aromatic heterocycles. The van der Waals surface area contributed by atoms with Gasteiger partial charge in [-0.1, -0.05) is 26.0 Å². The van der Waals surface area contributed by atoms with E-state index in [1.807, 2.05) is 6.07 Å². The van der Waals surface area contributed by atoms with Crippen molar-refractivity contribution in [3.05, 3.63) is 33.9 Å². The van der Waals surface area contributed by atoms with Gasteiger partial charge in [-0.15, -0.1) is 0 Å². The number of hydrazine groups is 1. The Morgan fingerprint density at radius 2 is 2.05 bits per heavy atom. The Kier molecular flexibility index (Phi) is 4.57. The average molecular weight is 278 g/mol. The van der Waals surface area contributed by atoms with Crippen molar-refractivity contribution in [1.82, 2.24) is 4.90 Å². The monoisotopic (exact) mass is 278 g/mol. The zero-order valence-corrected chi connectivity index (χ0v) is 12.0. The van der Waals surface area contributed by atoms with Gasteiger partial charge in [0.25, 0.3) is 5.69 Å². The minimum absolute atomic E-state index is 0.0307. The Morgan fingerprint density at radius 1 is 1.40 bits per heavy atom. The summed E-state index contributed by atoms with van der Waals surface area (Å²) < 4.78 is 0. The molecule has 0 aliphatic carbocycles. The van der Waals surface area contributed by atoms with E-state index in [4.69, 9.17) is 5.84 Å². The normalized spacial score (nSPS) is 23.6. The molecule has 2 unspecified atom stereocenters. The Bertz CT molecular complexity index is 482. The number of para-hydroxylation sites is 1. The van der Waals surface area contributed by atoms with Crippen molar-refractivity contribution in [3.8, 4) is 0 Å². The van der Waals surface area contributed by atoms with Gasteiger partial charge in [0.05, 0.1) is 4.92 Å². The maximum Gasteiger partial charge on any atom is 0.293 e. The van der Waals surface area contributed by atoms with E-state index in [0.717, 1.165) is 18.7 Å². The number of hydrogen-bond acceptors (Lipinski definition) is 5. The van der Waals surface area contributed by atoms with Crippen LogP contribution in [0.3, 0.4) is 0 Å². The third kappa shape index (κ3) is 3.26. The van der Waals surface area contributed by atoms with E-state index >= 15 is 0 Å². The number of hydrogen-bond donors (Lipinski definition) is 2. The van der Waals surface area contributed by atoms with Crippen LogP contribution in [0.2, 0.25) is 0 Å². The van der Waals surface area contributed by atoms with E-state index in [1.165, 1.54) is 12.5 Å². The third-order valence-corrected chi connectivity index (χ3v) is 3.81. The molecule has 1 aliphatic rings. The van der Waals surface area contributed by atoms with Gasteiger partial charge in [-0.25, -0.2) is 0 Å². The predicted octanol–water partition coefficient (Wildman–Crippen LogP) is 2.36. The van der Waals surface area contributed by atoms with Crippen LogP contribution in [-0.2, 0) is 6.54 Å². The molecule has 1 heterocycles. The zero-order valence-electron chi connectivity index (χ0n) is 12.0. The largest absolute Gasteiger partial charge is 0.318 e. The summed E-state index contributed by atoms with van der Waals surface area (Å²) in [5, 5.41) is 11.0. The Hall–Kier alpha value is -1.66. The number of anilines is 1. The molecule has 1 aliphatic heterocycles. The number of nitrogens with two attached hydrogens (primary N) is 1. The Labute approximate surface area is 119 Å². The van der Waals surface area contributed by atoms with Crippen LogP contribution in [-0.4, -0.2) is 22.9 Å². The maximum atomic E-state index is 11.0. The van der Waals surface area contributed by atoms with Crippen LogP contribution in [0.5, 0.6) is 0 Å². The van der Waals surface area contributed by atoms with E-state index in [0.29, 0.717) is 24.1 Å². The molecule has 3 N–H and O–H groups in total. The fourth-order valence-corrected chi connectivity index (χ4v) is 3.20. The fraction of sp³-hybridized carbons (Fsp3) is 0.571. The van der Waals surface area contributed by atoms with Gasteiger partial charge in [-0.3, -0.25) is 20.9 Å². The van der Waals surface area contributed by atoms with Crippen molar-refractivity contribution in [2.24, 2.45) is 17.7 Å². The number of rotatable bonds is 4. The van der Waals surface area contributed by atoms with Crippen LogP contribution >= 0.6 is 0 Å². The maximum absolute atomic E-state index is 11.0. The molecule has 110 valence electrons. The number of nitrogen functional groups attached to an aromatic ring is 1. The molecule has 0 spiro atoms. The van der Waals surface area contributed by atoms with Crippen molar-refractivity contribution < 1.29 is 4.92 Å². The first-order chi connectivity index (χ1) is 9.51. The number of nitro benzene ring substituents is 1. The second-order valence-electron chi connectivity index (χ2n) is 5.85. The second kappa shape index (κ2) is 6.19. The molecule has 20 heavy (non-hydrogen) atoms. The summed E-state index contributed by atoms with van der Waals surface area (Å²) in [6.07, 6.45) is 1.24. The lowest BCUT2D eigenvalue weighted by Crippen LogP contribution is -2.38. The summed E-state index contributed by atoms with van der Waals surface area (Å²) >= 11 is 0. The molecule has 0 amide bonds. The minimum atomic E-state index is -0.403. The molecule has 1 aromatic rings. The second-order valence-corrected chi connectivity index (χ2v) is 5.85. The van der Waals surface area contributed by atoms with E-state index in [1.54, 1.807) is 6.07 Å². The van der Waals surface area contributed by atoms with Crippen LogP contribution in [0, 0.1) is 22.0 Å². The van der Waals surface area contributed by atoms with Gasteiger partial charge < -0.3 is 5.43 Å². The number of nitro groups is 1.